The molecule has 0 aromatic carbocycles. The third-order valence-corrected chi connectivity index (χ3v) is 3.36. The lowest BCUT2D eigenvalue weighted by molar-refractivity contribution is -0.125. The third-order valence-electron chi connectivity index (χ3n) is 3.36. The number of carbonyl (C=O) groups excluding carboxylic acids is 2. The van der Waals surface area contributed by atoms with Crippen LogP contribution in [0.4, 0.5) is 0 Å². The Morgan fingerprint density at radius 2 is 1.22 bits per heavy atom. The van der Waals surface area contributed by atoms with Crippen molar-refractivity contribution in [1.29, 1.82) is 0 Å². The molecule has 104 valence electrons. The van der Waals surface area contributed by atoms with E-state index in [0.717, 1.165) is 38.8 Å². The summed E-state index contributed by atoms with van der Waals surface area (Å²) < 4.78 is 0. The van der Waals surface area contributed by atoms with E-state index >= 15 is 0 Å². The Morgan fingerprint density at radius 3 is 1.67 bits per heavy atom. The van der Waals surface area contributed by atoms with Crippen LogP contribution in [-0.2, 0) is 9.59 Å². The fraction of sp³-hybridized carbons (Fsp3) is 0.857. The number of hydrogen-bond donors (Lipinski definition) is 1. The highest BCUT2D eigenvalue weighted by molar-refractivity contribution is 5.78. The zero-order chi connectivity index (χ0) is 13.2. The van der Waals surface area contributed by atoms with Crippen molar-refractivity contribution in [2.75, 3.05) is 13.1 Å². The van der Waals surface area contributed by atoms with Crippen LogP contribution in [0.2, 0.25) is 0 Å². The molecule has 0 aromatic rings. The van der Waals surface area contributed by atoms with Crippen LogP contribution in [0.3, 0.4) is 0 Å². The van der Waals surface area contributed by atoms with E-state index in [4.69, 9.17) is 5.73 Å². The van der Waals surface area contributed by atoms with Gasteiger partial charge >= 0.3 is 0 Å². The topological polar surface area (TPSA) is 63.2 Å². The summed E-state index contributed by atoms with van der Waals surface area (Å²) in [7, 11) is 0. The SMILES string of the molecule is NC(=O)CCCCCCCCCCC(=O)N1CC1. The molecule has 1 heterocycles. The summed E-state index contributed by atoms with van der Waals surface area (Å²) in [5.41, 5.74) is 5.07. The van der Waals surface area contributed by atoms with E-state index in [2.05, 4.69) is 0 Å². The van der Waals surface area contributed by atoms with Crippen molar-refractivity contribution < 1.29 is 9.59 Å². The number of amides is 2. The molecule has 0 saturated carbocycles. The first-order valence-corrected chi connectivity index (χ1v) is 7.26. The molecule has 1 saturated heterocycles. The smallest absolute Gasteiger partial charge is 0.222 e. The zero-order valence-corrected chi connectivity index (χ0v) is 11.3. The van der Waals surface area contributed by atoms with Gasteiger partial charge in [-0.3, -0.25) is 9.59 Å². The highest BCUT2D eigenvalue weighted by atomic mass is 16.2. The molecule has 0 radical (unpaired) electrons. The maximum Gasteiger partial charge on any atom is 0.222 e. The Morgan fingerprint density at radius 1 is 0.778 bits per heavy atom. The number of primary amides is 1. The van der Waals surface area contributed by atoms with Gasteiger partial charge in [0.25, 0.3) is 0 Å². The van der Waals surface area contributed by atoms with Crippen LogP contribution in [-0.4, -0.2) is 29.8 Å². The molecule has 2 N–H and O–H groups in total. The van der Waals surface area contributed by atoms with Crippen molar-refractivity contribution in [3.05, 3.63) is 0 Å². The Hall–Kier alpha value is -1.06. The lowest BCUT2D eigenvalue weighted by atomic mass is 10.1. The van der Waals surface area contributed by atoms with Crippen molar-refractivity contribution >= 4 is 11.8 Å². The Kier molecular flexibility index (Phi) is 7.46. The average Bonchev–Trinajstić information content (AvgIpc) is 3.14. The molecule has 0 bridgehead atoms. The van der Waals surface area contributed by atoms with E-state index in [1.165, 1.54) is 32.1 Å². The molecule has 2 amide bonds. The van der Waals surface area contributed by atoms with Gasteiger partial charge in [-0.25, -0.2) is 0 Å². The summed E-state index contributed by atoms with van der Waals surface area (Å²) in [5.74, 6) is 0.146. The molecule has 1 aliphatic heterocycles. The van der Waals surface area contributed by atoms with E-state index in [0.29, 0.717) is 12.3 Å². The van der Waals surface area contributed by atoms with Crippen LogP contribution < -0.4 is 5.73 Å². The summed E-state index contributed by atoms with van der Waals surface area (Å²) in [6, 6.07) is 0. The quantitative estimate of drug-likeness (QED) is 0.454. The van der Waals surface area contributed by atoms with Crippen LogP contribution in [0.1, 0.15) is 64.2 Å². The molecule has 18 heavy (non-hydrogen) atoms. The van der Waals surface area contributed by atoms with Gasteiger partial charge in [-0.05, 0) is 12.8 Å². The lowest BCUT2D eigenvalue weighted by Gasteiger charge is -2.02. The average molecular weight is 254 g/mol. The van der Waals surface area contributed by atoms with Crippen LogP contribution in [0.15, 0.2) is 0 Å². The summed E-state index contributed by atoms with van der Waals surface area (Å²) in [4.78, 5) is 23.8. The first-order valence-electron chi connectivity index (χ1n) is 7.26. The minimum Gasteiger partial charge on any atom is -0.370 e. The predicted octanol–water partition coefficient (Wildman–Crippen LogP) is 2.21. The highest BCUT2D eigenvalue weighted by Crippen LogP contribution is 2.13. The fourth-order valence-electron chi connectivity index (χ4n) is 2.09. The Balaban J connectivity index is 1.73. The molecule has 4 nitrogen and oxygen atoms in total. The van der Waals surface area contributed by atoms with E-state index in [-0.39, 0.29) is 5.91 Å². The minimum atomic E-state index is -0.189. The van der Waals surface area contributed by atoms with Crippen molar-refractivity contribution in [2.24, 2.45) is 5.73 Å². The van der Waals surface area contributed by atoms with Gasteiger partial charge in [0.2, 0.25) is 11.8 Å². The second-order valence-electron chi connectivity index (χ2n) is 5.18. The molecule has 4 heteroatoms. The number of hydrogen-bond acceptors (Lipinski definition) is 2. The standard InChI is InChI=1S/C14H26N2O2/c15-13(17)9-7-5-3-1-2-4-6-8-10-14(18)16-11-12-16/h1-12H2,(H2,15,17). The largest absolute Gasteiger partial charge is 0.370 e. The van der Waals surface area contributed by atoms with E-state index in [9.17, 15) is 9.59 Å². The predicted molar refractivity (Wildman–Crippen MR) is 71.9 cm³/mol. The summed E-state index contributed by atoms with van der Waals surface area (Å²) in [6.07, 6.45) is 10.4. The van der Waals surface area contributed by atoms with Gasteiger partial charge in [-0.2, -0.15) is 0 Å². The van der Waals surface area contributed by atoms with Gasteiger partial charge in [-0.1, -0.05) is 38.5 Å². The number of carbonyl (C=O) groups is 2. The monoisotopic (exact) mass is 254 g/mol. The first-order chi connectivity index (χ1) is 8.70. The van der Waals surface area contributed by atoms with Crippen molar-refractivity contribution in [3.8, 4) is 0 Å². The molecule has 1 fully saturated rings. The van der Waals surface area contributed by atoms with E-state index in [1.54, 1.807) is 0 Å². The Labute approximate surface area is 110 Å². The second-order valence-corrected chi connectivity index (χ2v) is 5.18. The number of rotatable bonds is 11. The molecule has 0 unspecified atom stereocenters. The molecular weight excluding hydrogens is 228 g/mol. The molecule has 0 aliphatic carbocycles. The summed E-state index contributed by atoms with van der Waals surface area (Å²) in [5, 5.41) is 0. The summed E-state index contributed by atoms with van der Waals surface area (Å²) in [6.45, 7) is 1.95. The number of nitrogens with zero attached hydrogens (tertiary/aromatic N) is 1. The van der Waals surface area contributed by atoms with Crippen LogP contribution >= 0.6 is 0 Å². The maximum atomic E-state index is 11.4. The Bertz CT molecular complexity index is 263. The van der Waals surface area contributed by atoms with Crippen molar-refractivity contribution in [2.45, 2.75) is 64.2 Å². The van der Waals surface area contributed by atoms with Crippen molar-refractivity contribution in [3.63, 3.8) is 0 Å². The fourth-order valence-corrected chi connectivity index (χ4v) is 2.09. The van der Waals surface area contributed by atoms with Crippen LogP contribution in [0.5, 0.6) is 0 Å². The molecule has 0 aromatic heterocycles. The van der Waals surface area contributed by atoms with Crippen molar-refractivity contribution in [1.82, 2.24) is 4.90 Å². The van der Waals surface area contributed by atoms with Gasteiger partial charge in [0.1, 0.15) is 0 Å². The molecule has 1 rings (SSSR count). The summed E-state index contributed by atoms with van der Waals surface area (Å²) >= 11 is 0. The lowest BCUT2D eigenvalue weighted by Crippen LogP contribution is -2.09. The number of unbranched alkanes of at least 4 members (excludes halogenated alkanes) is 7. The first kappa shape index (κ1) is 15.0. The number of nitrogens with two attached hydrogens (primary N) is 1. The third kappa shape index (κ3) is 8.09. The molecule has 1 aliphatic rings. The van der Waals surface area contributed by atoms with Gasteiger partial charge in [0.05, 0.1) is 0 Å². The molecule has 0 atom stereocenters. The van der Waals surface area contributed by atoms with Gasteiger partial charge < -0.3 is 10.6 Å². The second kappa shape index (κ2) is 8.95. The maximum absolute atomic E-state index is 11.4. The molecular formula is C14H26N2O2. The minimum absolute atomic E-state index is 0.189. The van der Waals surface area contributed by atoms with E-state index in [1.807, 2.05) is 4.90 Å². The van der Waals surface area contributed by atoms with Gasteiger partial charge in [0, 0.05) is 25.9 Å². The zero-order valence-electron chi connectivity index (χ0n) is 11.3. The highest BCUT2D eigenvalue weighted by Gasteiger charge is 2.22. The van der Waals surface area contributed by atoms with Gasteiger partial charge in [-0.15, -0.1) is 0 Å². The van der Waals surface area contributed by atoms with Gasteiger partial charge in [0.15, 0.2) is 0 Å². The van der Waals surface area contributed by atoms with Crippen LogP contribution in [0, 0.1) is 0 Å². The normalized spacial score (nSPS) is 13.7. The van der Waals surface area contributed by atoms with Crippen LogP contribution in [0.25, 0.3) is 0 Å². The molecule has 0 spiro atoms. The van der Waals surface area contributed by atoms with E-state index < -0.39 is 0 Å².